The fourth-order valence-corrected chi connectivity index (χ4v) is 6.24. The lowest BCUT2D eigenvalue weighted by atomic mass is 9.55. The fraction of sp³-hybridized carbons (Fsp3) is 0.609. The summed E-state index contributed by atoms with van der Waals surface area (Å²) < 4.78 is 10.7. The number of esters is 2. The second-order valence-corrected chi connectivity index (χ2v) is 8.98. The molecule has 2 saturated carbocycles. The van der Waals surface area contributed by atoms with Crippen LogP contribution in [0, 0.1) is 24.2 Å². The summed E-state index contributed by atoms with van der Waals surface area (Å²) in [5.74, 6) is 1.14. The van der Waals surface area contributed by atoms with Gasteiger partial charge >= 0.3 is 11.9 Å². The van der Waals surface area contributed by atoms with Gasteiger partial charge in [0.05, 0.1) is 0 Å². The first-order valence-corrected chi connectivity index (χ1v) is 10.2. The Hall–Kier alpha value is -2.17. The Labute approximate surface area is 165 Å². The molecular formula is C23H28O5. The van der Waals surface area contributed by atoms with E-state index in [1.165, 1.54) is 25.0 Å². The van der Waals surface area contributed by atoms with Crippen LogP contribution in [0.3, 0.4) is 0 Å². The van der Waals surface area contributed by atoms with Crippen molar-refractivity contribution in [3.05, 3.63) is 28.8 Å². The van der Waals surface area contributed by atoms with E-state index in [4.69, 9.17) is 9.47 Å². The van der Waals surface area contributed by atoms with E-state index in [1.807, 2.05) is 12.1 Å². The third-order valence-corrected chi connectivity index (χ3v) is 7.28. The summed E-state index contributed by atoms with van der Waals surface area (Å²) in [5.41, 5.74) is 3.41. The molecule has 1 aromatic rings. The number of hydrogen-bond acceptors (Lipinski definition) is 5. The molecule has 0 aromatic heterocycles. The zero-order valence-electron chi connectivity index (χ0n) is 17.0. The minimum Gasteiger partial charge on any atom is -0.455 e. The van der Waals surface area contributed by atoms with Gasteiger partial charge in [-0.25, -0.2) is 0 Å². The van der Waals surface area contributed by atoms with Gasteiger partial charge in [0, 0.05) is 19.3 Å². The van der Waals surface area contributed by atoms with Crippen LogP contribution in [0.25, 0.3) is 0 Å². The van der Waals surface area contributed by atoms with E-state index in [0.717, 1.165) is 31.2 Å². The molecule has 5 nitrogen and oxygen atoms in total. The molecule has 0 heterocycles. The summed E-state index contributed by atoms with van der Waals surface area (Å²) in [7, 11) is 0. The maximum atomic E-state index is 13.0. The van der Waals surface area contributed by atoms with Crippen molar-refractivity contribution in [2.45, 2.75) is 71.8 Å². The van der Waals surface area contributed by atoms with Gasteiger partial charge in [-0.2, -0.15) is 0 Å². The van der Waals surface area contributed by atoms with Gasteiger partial charge in [0.15, 0.2) is 11.9 Å². The SMILES string of the molecule is CC(=O)Oc1cc(C)c2c(c1)CC[C@@H]1[C@@H]2CC[C@]2(C)C(=O)[C@H](OC(C)=O)C[C@@H]12. The first-order chi connectivity index (χ1) is 13.2. The smallest absolute Gasteiger partial charge is 0.308 e. The summed E-state index contributed by atoms with van der Waals surface area (Å²) >= 11 is 0. The third-order valence-electron chi connectivity index (χ3n) is 7.28. The van der Waals surface area contributed by atoms with Gasteiger partial charge in [-0.15, -0.1) is 0 Å². The summed E-state index contributed by atoms with van der Waals surface area (Å²) in [6.45, 7) is 6.96. The van der Waals surface area contributed by atoms with Gasteiger partial charge in [-0.3, -0.25) is 14.4 Å². The van der Waals surface area contributed by atoms with Crippen LogP contribution in [-0.4, -0.2) is 23.8 Å². The Morgan fingerprint density at radius 1 is 1.14 bits per heavy atom. The number of rotatable bonds is 2. The average Bonchev–Trinajstić information content (AvgIpc) is 2.85. The van der Waals surface area contributed by atoms with Gasteiger partial charge in [0.1, 0.15) is 5.75 Å². The number of ether oxygens (including phenoxy) is 2. The highest BCUT2D eigenvalue weighted by Crippen LogP contribution is 2.60. The molecule has 0 spiro atoms. The standard InChI is InChI=1S/C23H28O5/c1-12-9-16(27-13(2)24)10-15-5-6-17-18(21(12)15)7-8-23(4)19(17)11-20(22(23)26)28-14(3)25/h9-10,17-20H,5-8,11H2,1-4H3/t17-,18+,19+,20-,23+/m1/s1. The molecule has 150 valence electrons. The first-order valence-electron chi connectivity index (χ1n) is 10.2. The molecule has 1 aromatic carbocycles. The number of benzene rings is 1. The molecular weight excluding hydrogens is 356 g/mol. The van der Waals surface area contributed by atoms with Crippen LogP contribution in [-0.2, 0) is 25.5 Å². The summed E-state index contributed by atoms with van der Waals surface area (Å²) in [5, 5.41) is 0. The van der Waals surface area contributed by atoms with E-state index in [1.54, 1.807) is 0 Å². The lowest BCUT2D eigenvalue weighted by Crippen LogP contribution is -2.43. The van der Waals surface area contributed by atoms with Crippen molar-refractivity contribution < 1.29 is 23.9 Å². The Balaban J connectivity index is 1.65. The molecule has 5 atom stereocenters. The van der Waals surface area contributed by atoms with Crippen molar-refractivity contribution in [3.8, 4) is 5.75 Å². The molecule has 0 N–H and O–H groups in total. The maximum absolute atomic E-state index is 13.0. The lowest BCUT2D eigenvalue weighted by molar-refractivity contribution is -0.153. The Morgan fingerprint density at radius 2 is 1.89 bits per heavy atom. The highest BCUT2D eigenvalue weighted by molar-refractivity contribution is 5.93. The molecule has 5 heteroatoms. The van der Waals surface area contributed by atoms with E-state index in [9.17, 15) is 14.4 Å². The second kappa shape index (κ2) is 6.71. The van der Waals surface area contributed by atoms with Crippen molar-refractivity contribution in [1.29, 1.82) is 0 Å². The highest BCUT2D eigenvalue weighted by Gasteiger charge is 2.59. The lowest BCUT2D eigenvalue weighted by Gasteiger charge is -2.48. The first kappa shape index (κ1) is 19.2. The molecule has 3 aliphatic rings. The van der Waals surface area contributed by atoms with Crippen LogP contribution in [0.5, 0.6) is 5.75 Å². The highest BCUT2D eigenvalue weighted by atomic mass is 16.5. The van der Waals surface area contributed by atoms with E-state index in [2.05, 4.69) is 13.8 Å². The van der Waals surface area contributed by atoms with E-state index >= 15 is 0 Å². The van der Waals surface area contributed by atoms with Crippen LogP contribution < -0.4 is 4.74 Å². The number of ketones is 1. The van der Waals surface area contributed by atoms with Crippen LogP contribution in [0.4, 0.5) is 0 Å². The van der Waals surface area contributed by atoms with Crippen molar-refractivity contribution in [1.82, 2.24) is 0 Å². The van der Waals surface area contributed by atoms with E-state index in [-0.39, 0.29) is 29.1 Å². The van der Waals surface area contributed by atoms with Gasteiger partial charge < -0.3 is 9.47 Å². The molecule has 4 rings (SSSR count). The minimum atomic E-state index is -0.583. The van der Waals surface area contributed by atoms with Crippen molar-refractivity contribution in [2.24, 2.45) is 17.3 Å². The maximum Gasteiger partial charge on any atom is 0.308 e. The number of Topliss-reactive ketones (excluding diaryl/α,β-unsaturated/α-hetero) is 1. The van der Waals surface area contributed by atoms with Gasteiger partial charge in [0.2, 0.25) is 0 Å². The normalized spacial score (nSPS) is 33.5. The van der Waals surface area contributed by atoms with Crippen LogP contribution in [0.15, 0.2) is 12.1 Å². The quantitative estimate of drug-likeness (QED) is 0.572. The summed E-state index contributed by atoms with van der Waals surface area (Å²) in [4.78, 5) is 35.8. The molecule has 28 heavy (non-hydrogen) atoms. The molecule has 0 radical (unpaired) electrons. The second-order valence-electron chi connectivity index (χ2n) is 8.98. The Bertz CT molecular complexity index is 857. The van der Waals surface area contributed by atoms with E-state index < -0.39 is 6.10 Å². The Morgan fingerprint density at radius 3 is 2.57 bits per heavy atom. The molecule has 0 unspecified atom stereocenters. The zero-order chi connectivity index (χ0) is 20.2. The summed E-state index contributed by atoms with van der Waals surface area (Å²) in [6, 6.07) is 3.97. The molecule has 0 bridgehead atoms. The summed E-state index contributed by atoms with van der Waals surface area (Å²) in [6.07, 6.45) is 3.80. The topological polar surface area (TPSA) is 69.7 Å². The number of carbonyl (C=O) groups is 3. The molecule has 0 aliphatic heterocycles. The van der Waals surface area contributed by atoms with Crippen molar-refractivity contribution in [3.63, 3.8) is 0 Å². The average molecular weight is 384 g/mol. The number of hydrogen-bond donors (Lipinski definition) is 0. The zero-order valence-corrected chi connectivity index (χ0v) is 17.0. The predicted octanol–water partition coefficient (Wildman–Crippen LogP) is 3.89. The van der Waals surface area contributed by atoms with Gasteiger partial charge in [-0.1, -0.05) is 6.92 Å². The van der Waals surface area contributed by atoms with Crippen LogP contribution in [0.1, 0.15) is 69.1 Å². The minimum absolute atomic E-state index is 0.110. The molecule has 3 aliphatic carbocycles. The van der Waals surface area contributed by atoms with Gasteiger partial charge in [0.25, 0.3) is 0 Å². The monoisotopic (exact) mass is 384 g/mol. The number of carbonyl (C=O) groups excluding carboxylic acids is 3. The van der Waals surface area contributed by atoms with Gasteiger partial charge in [-0.05, 0) is 85.6 Å². The Kier molecular flexibility index (Phi) is 4.59. The molecule has 2 fully saturated rings. The van der Waals surface area contributed by atoms with E-state index in [0.29, 0.717) is 24.0 Å². The molecule has 0 amide bonds. The third kappa shape index (κ3) is 2.96. The van der Waals surface area contributed by atoms with Crippen molar-refractivity contribution >= 4 is 17.7 Å². The van der Waals surface area contributed by atoms with Crippen molar-refractivity contribution in [2.75, 3.05) is 0 Å². The predicted molar refractivity (Wildman–Crippen MR) is 103 cm³/mol. The number of fused-ring (bicyclic) bond motifs is 5. The van der Waals surface area contributed by atoms with Crippen LogP contribution in [0.2, 0.25) is 0 Å². The molecule has 0 saturated heterocycles. The number of aryl methyl sites for hydroxylation is 2. The van der Waals surface area contributed by atoms with Crippen LogP contribution >= 0.6 is 0 Å². The largest absolute Gasteiger partial charge is 0.455 e. The fourth-order valence-electron chi connectivity index (χ4n) is 6.24.